The van der Waals surface area contributed by atoms with Gasteiger partial charge in [0.2, 0.25) is 0 Å². The summed E-state index contributed by atoms with van der Waals surface area (Å²) in [6.45, 7) is 0. The molecule has 126 valence electrons. The number of nitrogens with zero attached hydrogens (tertiary/aromatic N) is 2. The van der Waals surface area contributed by atoms with Crippen molar-refractivity contribution in [1.29, 1.82) is 0 Å². The number of benzene rings is 1. The van der Waals surface area contributed by atoms with Gasteiger partial charge in [0, 0.05) is 6.20 Å². The minimum Gasteiger partial charge on any atom is -0.495 e. The summed E-state index contributed by atoms with van der Waals surface area (Å²) in [5.41, 5.74) is 0.906. The Morgan fingerprint density at radius 1 is 1.29 bits per heavy atom. The summed E-state index contributed by atoms with van der Waals surface area (Å²) in [6, 6.07) is 3.28. The van der Waals surface area contributed by atoms with Crippen LogP contribution in [-0.4, -0.2) is 35.9 Å². The number of hydrogen-bond donors (Lipinski definition) is 1. The Balaban J connectivity index is 1.86. The number of aromatic nitrogens is 2. The van der Waals surface area contributed by atoms with Gasteiger partial charge in [-0.05, 0) is 25.0 Å². The highest BCUT2D eigenvalue weighted by Gasteiger charge is 2.25. The molecule has 1 aliphatic rings. The van der Waals surface area contributed by atoms with E-state index in [0.717, 1.165) is 12.8 Å². The fourth-order valence-corrected chi connectivity index (χ4v) is 2.50. The van der Waals surface area contributed by atoms with Gasteiger partial charge in [0.1, 0.15) is 10.8 Å². The van der Waals surface area contributed by atoms with Crippen molar-refractivity contribution in [1.82, 2.24) is 9.78 Å². The van der Waals surface area contributed by atoms with Crippen LogP contribution in [0.5, 0.6) is 5.75 Å². The van der Waals surface area contributed by atoms with E-state index in [4.69, 9.17) is 21.1 Å². The molecule has 0 unspecified atom stereocenters. The summed E-state index contributed by atoms with van der Waals surface area (Å²) in [6.07, 6.45) is 5.35. The summed E-state index contributed by atoms with van der Waals surface area (Å²) in [4.78, 5) is 24.1. The highest BCUT2D eigenvalue weighted by atomic mass is 35.5. The Kier molecular flexibility index (Phi) is 4.44. The molecule has 7 nitrogen and oxygen atoms in total. The van der Waals surface area contributed by atoms with E-state index >= 15 is 0 Å². The molecule has 0 atom stereocenters. The SMILES string of the molecule is COC(=O)c1cc(NC(=O)c2cnn(C3CC3)c2)c(Cl)c(OC)c1. The summed E-state index contributed by atoms with van der Waals surface area (Å²) < 4.78 is 11.6. The summed E-state index contributed by atoms with van der Waals surface area (Å²) in [5, 5.41) is 7.06. The predicted octanol–water partition coefficient (Wildman–Crippen LogP) is 2.92. The number of carbonyl (C=O) groups is 2. The third-order valence-electron chi connectivity index (χ3n) is 3.71. The lowest BCUT2D eigenvalue weighted by molar-refractivity contribution is 0.0600. The van der Waals surface area contributed by atoms with Gasteiger partial charge >= 0.3 is 5.97 Å². The second kappa shape index (κ2) is 6.52. The molecule has 1 aromatic carbocycles. The van der Waals surface area contributed by atoms with E-state index < -0.39 is 5.97 Å². The molecule has 0 bridgehead atoms. The normalized spacial score (nSPS) is 13.5. The van der Waals surface area contributed by atoms with Gasteiger partial charge in [-0.15, -0.1) is 0 Å². The summed E-state index contributed by atoms with van der Waals surface area (Å²) >= 11 is 6.21. The molecule has 1 amide bonds. The van der Waals surface area contributed by atoms with Crippen molar-refractivity contribution in [2.45, 2.75) is 18.9 Å². The first kappa shape index (κ1) is 16.3. The lowest BCUT2D eigenvalue weighted by Gasteiger charge is -2.12. The third kappa shape index (κ3) is 3.21. The molecule has 1 heterocycles. The molecule has 1 saturated carbocycles. The van der Waals surface area contributed by atoms with E-state index in [-0.39, 0.29) is 27.9 Å². The zero-order valence-corrected chi connectivity index (χ0v) is 14.0. The Morgan fingerprint density at radius 2 is 2.04 bits per heavy atom. The van der Waals surface area contributed by atoms with Gasteiger partial charge in [0.25, 0.3) is 5.91 Å². The maximum absolute atomic E-state index is 12.4. The molecular weight excluding hydrogens is 334 g/mol. The first-order chi connectivity index (χ1) is 11.5. The third-order valence-corrected chi connectivity index (χ3v) is 4.10. The van der Waals surface area contributed by atoms with E-state index in [1.165, 1.54) is 32.5 Å². The van der Waals surface area contributed by atoms with E-state index in [1.54, 1.807) is 10.9 Å². The zero-order chi connectivity index (χ0) is 17.3. The van der Waals surface area contributed by atoms with Crippen LogP contribution in [0.25, 0.3) is 0 Å². The van der Waals surface area contributed by atoms with Crippen molar-refractivity contribution in [2.75, 3.05) is 19.5 Å². The number of halogens is 1. The van der Waals surface area contributed by atoms with Crippen LogP contribution in [-0.2, 0) is 4.74 Å². The van der Waals surface area contributed by atoms with Crippen LogP contribution in [0, 0.1) is 0 Å². The number of ether oxygens (including phenoxy) is 2. The number of carbonyl (C=O) groups excluding carboxylic acids is 2. The zero-order valence-electron chi connectivity index (χ0n) is 13.2. The fraction of sp³-hybridized carbons (Fsp3) is 0.312. The average Bonchev–Trinajstić information content (AvgIpc) is 3.32. The molecule has 0 spiro atoms. The minimum atomic E-state index is -0.554. The maximum Gasteiger partial charge on any atom is 0.338 e. The van der Waals surface area contributed by atoms with E-state index in [1.807, 2.05) is 0 Å². The number of esters is 1. The van der Waals surface area contributed by atoms with Crippen LogP contribution in [0.3, 0.4) is 0 Å². The number of anilines is 1. The Hall–Kier alpha value is -2.54. The summed E-state index contributed by atoms with van der Waals surface area (Å²) in [7, 11) is 2.70. The Labute approximate surface area is 143 Å². The molecule has 3 rings (SSSR count). The van der Waals surface area contributed by atoms with Crippen molar-refractivity contribution in [3.05, 3.63) is 40.7 Å². The first-order valence-corrected chi connectivity index (χ1v) is 7.72. The second-order valence-corrected chi connectivity index (χ2v) is 5.80. The second-order valence-electron chi connectivity index (χ2n) is 5.43. The molecule has 2 aromatic rings. The van der Waals surface area contributed by atoms with Crippen LogP contribution in [0.4, 0.5) is 5.69 Å². The number of amides is 1. The van der Waals surface area contributed by atoms with E-state index in [2.05, 4.69) is 10.4 Å². The number of methoxy groups -OCH3 is 2. The molecule has 24 heavy (non-hydrogen) atoms. The van der Waals surface area contributed by atoms with Crippen molar-refractivity contribution in [2.24, 2.45) is 0 Å². The molecule has 1 aromatic heterocycles. The van der Waals surface area contributed by atoms with Crippen LogP contribution in [0.15, 0.2) is 24.5 Å². The lowest BCUT2D eigenvalue weighted by atomic mass is 10.1. The van der Waals surface area contributed by atoms with Crippen LogP contribution in [0.2, 0.25) is 5.02 Å². The highest BCUT2D eigenvalue weighted by Crippen LogP contribution is 2.35. The van der Waals surface area contributed by atoms with Crippen LogP contribution in [0.1, 0.15) is 39.6 Å². The highest BCUT2D eigenvalue weighted by molar-refractivity contribution is 6.35. The van der Waals surface area contributed by atoms with Gasteiger partial charge in [-0.25, -0.2) is 4.79 Å². The van der Waals surface area contributed by atoms with Crippen molar-refractivity contribution in [3.63, 3.8) is 0 Å². The maximum atomic E-state index is 12.4. The average molecular weight is 350 g/mol. The molecule has 1 aliphatic carbocycles. The minimum absolute atomic E-state index is 0.202. The largest absolute Gasteiger partial charge is 0.495 e. The van der Waals surface area contributed by atoms with Gasteiger partial charge in [0.15, 0.2) is 0 Å². The molecule has 0 radical (unpaired) electrons. The Bertz CT molecular complexity index is 799. The van der Waals surface area contributed by atoms with Crippen molar-refractivity contribution < 1.29 is 19.1 Å². The number of nitrogens with one attached hydrogen (secondary N) is 1. The van der Waals surface area contributed by atoms with Gasteiger partial charge in [-0.3, -0.25) is 9.48 Å². The Morgan fingerprint density at radius 3 is 2.67 bits per heavy atom. The van der Waals surface area contributed by atoms with Crippen molar-refractivity contribution >= 4 is 29.2 Å². The smallest absolute Gasteiger partial charge is 0.338 e. The standard InChI is InChI=1S/C16H16ClN3O4/c1-23-13-6-9(16(22)24-2)5-12(14(13)17)19-15(21)10-7-18-20(8-10)11-3-4-11/h5-8,11H,3-4H2,1-2H3,(H,19,21). The first-order valence-electron chi connectivity index (χ1n) is 7.35. The van der Waals surface area contributed by atoms with Gasteiger partial charge < -0.3 is 14.8 Å². The van der Waals surface area contributed by atoms with Crippen LogP contribution >= 0.6 is 11.6 Å². The topological polar surface area (TPSA) is 82.5 Å². The molecule has 0 aliphatic heterocycles. The van der Waals surface area contributed by atoms with Gasteiger partial charge in [-0.1, -0.05) is 11.6 Å². The molecule has 1 fully saturated rings. The van der Waals surface area contributed by atoms with Gasteiger partial charge in [-0.2, -0.15) is 5.10 Å². The number of rotatable bonds is 5. The number of hydrogen-bond acceptors (Lipinski definition) is 5. The predicted molar refractivity (Wildman–Crippen MR) is 87.8 cm³/mol. The van der Waals surface area contributed by atoms with E-state index in [9.17, 15) is 9.59 Å². The molecule has 0 saturated heterocycles. The monoisotopic (exact) mass is 349 g/mol. The van der Waals surface area contributed by atoms with Gasteiger partial charge in [0.05, 0.1) is 43.3 Å². The van der Waals surface area contributed by atoms with E-state index in [0.29, 0.717) is 11.6 Å². The quantitative estimate of drug-likeness (QED) is 0.839. The lowest BCUT2D eigenvalue weighted by Crippen LogP contribution is -2.13. The van der Waals surface area contributed by atoms with Crippen LogP contribution < -0.4 is 10.1 Å². The van der Waals surface area contributed by atoms with Crippen molar-refractivity contribution in [3.8, 4) is 5.75 Å². The molecule has 8 heteroatoms. The molecular formula is C16H16ClN3O4. The summed E-state index contributed by atoms with van der Waals surface area (Å²) in [5.74, 6) is -0.654. The fourth-order valence-electron chi connectivity index (χ4n) is 2.26. The molecule has 1 N–H and O–H groups in total.